The summed E-state index contributed by atoms with van der Waals surface area (Å²) in [4.78, 5) is 2.38. The number of nitrogens with zero attached hydrogens (tertiary/aromatic N) is 1. The summed E-state index contributed by atoms with van der Waals surface area (Å²) in [7, 11) is 0. The predicted molar refractivity (Wildman–Crippen MR) is 82.2 cm³/mol. The molecule has 0 atom stereocenters. The molecule has 2 aromatic carbocycles. The fourth-order valence-corrected chi connectivity index (χ4v) is 2.26. The predicted octanol–water partition coefficient (Wildman–Crippen LogP) is 3.48. The summed E-state index contributed by atoms with van der Waals surface area (Å²) in [6.45, 7) is 6.88. The van der Waals surface area contributed by atoms with Crippen LogP contribution in [0, 0.1) is 6.92 Å². The van der Waals surface area contributed by atoms with Crippen LogP contribution in [0.5, 0.6) is 0 Å². The molecule has 2 nitrogen and oxygen atoms in total. The molecule has 0 spiro atoms. The summed E-state index contributed by atoms with van der Waals surface area (Å²) >= 11 is 0. The van der Waals surface area contributed by atoms with E-state index in [-0.39, 0.29) is 0 Å². The van der Waals surface area contributed by atoms with Crippen molar-refractivity contribution in [2.24, 2.45) is 5.73 Å². The molecule has 0 aliphatic heterocycles. The van der Waals surface area contributed by atoms with Crippen LogP contribution in [0.3, 0.4) is 0 Å². The SMILES string of the molecule is CCN(Cc1ccccc1C)c1cccc(CN)c1. The molecule has 0 heterocycles. The van der Waals surface area contributed by atoms with Gasteiger partial charge in [-0.2, -0.15) is 0 Å². The van der Waals surface area contributed by atoms with E-state index in [1.165, 1.54) is 22.4 Å². The van der Waals surface area contributed by atoms with E-state index in [0.717, 1.165) is 13.1 Å². The van der Waals surface area contributed by atoms with Gasteiger partial charge in [0.05, 0.1) is 0 Å². The molecule has 0 aromatic heterocycles. The third kappa shape index (κ3) is 3.36. The van der Waals surface area contributed by atoms with Gasteiger partial charge in [-0.1, -0.05) is 36.4 Å². The average molecular weight is 254 g/mol. The minimum atomic E-state index is 0.593. The van der Waals surface area contributed by atoms with Gasteiger partial charge in [-0.3, -0.25) is 0 Å². The number of benzene rings is 2. The Balaban J connectivity index is 2.22. The van der Waals surface area contributed by atoms with E-state index >= 15 is 0 Å². The van der Waals surface area contributed by atoms with Crippen LogP contribution >= 0.6 is 0 Å². The Labute approximate surface area is 115 Å². The van der Waals surface area contributed by atoms with Crippen LogP contribution in [0.25, 0.3) is 0 Å². The van der Waals surface area contributed by atoms with Crippen molar-refractivity contribution < 1.29 is 0 Å². The highest BCUT2D eigenvalue weighted by atomic mass is 15.1. The van der Waals surface area contributed by atoms with Crippen molar-refractivity contribution in [3.05, 3.63) is 65.2 Å². The second-order valence-corrected chi connectivity index (χ2v) is 4.81. The number of rotatable bonds is 5. The maximum atomic E-state index is 5.72. The van der Waals surface area contributed by atoms with Crippen molar-refractivity contribution in [2.75, 3.05) is 11.4 Å². The third-order valence-corrected chi connectivity index (χ3v) is 3.52. The molecule has 0 unspecified atom stereocenters. The summed E-state index contributed by atoms with van der Waals surface area (Å²) in [6, 6.07) is 17.0. The lowest BCUT2D eigenvalue weighted by Crippen LogP contribution is -2.22. The second kappa shape index (κ2) is 6.39. The lowest BCUT2D eigenvalue weighted by molar-refractivity contribution is 0.825. The summed E-state index contributed by atoms with van der Waals surface area (Å²) in [5.74, 6) is 0. The second-order valence-electron chi connectivity index (χ2n) is 4.81. The van der Waals surface area contributed by atoms with Crippen LogP contribution in [0.2, 0.25) is 0 Å². The minimum absolute atomic E-state index is 0.593. The Morgan fingerprint density at radius 1 is 1.05 bits per heavy atom. The Morgan fingerprint density at radius 3 is 2.53 bits per heavy atom. The van der Waals surface area contributed by atoms with Crippen molar-refractivity contribution >= 4 is 5.69 Å². The first kappa shape index (κ1) is 13.6. The summed E-state index contributed by atoms with van der Waals surface area (Å²) in [5, 5.41) is 0. The highest BCUT2D eigenvalue weighted by molar-refractivity contribution is 5.49. The first-order valence-electron chi connectivity index (χ1n) is 6.83. The Kier molecular flexibility index (Phi) is 4.58. The van der Waals surface area contributed by atoms with E-state index in [9.17, 15) is 0 Å². The molecule has 0 aliphatic carbocycles. The molecule has 0 saturated heterocycles. The highest BCUT2D eigenvalue weighted by Gasteiger charge is 2.07. The van der Waals surface area contributed by atoms with E-state index in [1.54, 1.807) is 0 Å². The van der Waals surface area contributed by atoms with Crippen molar-refractivity contribution in [3.63, 3.8) is 0 Å². The molecular formula is C17H22N2. The number of nitrogens with two attached hydrogens (primary N) is 1. The fraction of sp³-hybridized carbons (Fsp3) is 0.294. The van der Waals surface area contributed by atoms with Crippen LogP contribution in [-0.2, 0) is 13.1 Å². The third-order valence-electron chi connectivity index (χ3n) is 3.52. The van der Waals surface area contributed by atoms with E-state index in [2.05, 4.69) is 67.3 Å². The largest absolute Gasteiger partial charge is 0.367 e. The molecule has 0 bridgehead atoms. The molecule has 0 radical (unpaired) electrons. The van der Waals surface area contributed by atoms with Gasteiger partial charge in [0.15, 0.2) is 0 Å². The standard InChI is InChI=1S/C17H22N2/c1-3-19(13-16-9-5-4-7-14(16)2)17-10-6-8-15(11-17)12-18/h4-11H,3,12-13,18H2,1-2H3. The van der Waals surface area contributed by atoms with Crippen molar-refractivity contribution in [3.8, 4) is 0 Å². The first-order chi connectivity index (χ1) is 9.24. The van der Waals surface area contributed by atoms with Crippen molar-refractivity contribution in [1.82, 2.24) is 0 Å². The molecule has 19 heavy (non-hydrogen) atoms. The molecule has 2 aromatic rings. The molecule has 0 fully saturated rings. The summed E-state index contributed by atoms with van der Waals surface area (Å²) in [5.41, 5.74) is 10.9. The molecule has 2 heteroatoms. The van der Waals surface area contributed by atoms with E-state index in [0.29, 0.717) is 6.54 Å². The van der Waals surface area contributed by atoms with Gasteiger partial charge in [0, 0.05) is 25.3 Å². The van der Waals surface area contributed by atoms with Gasteiger partial charge in [-0.15, -0.1) is 0 Å². The number of anilines is 1. The zero-order valence-corrected chi connectivity index (χ0v) is 11.8. The van der Waals surface area contributed by atoms with Gasteiger partial charge < -0.3 is 10.6 Å². The lowest BCUT2D eigenvalue weighted by Gasteiger charge is -2.24. The van der Waals surface area contributed by atoms with E-state index in [4.69, 9.17) is 5.73 Å². The highest BCUT2D eigenvalue weighted by Crippen LogP contribution is 2.20. The smallest absolute Gasteiger partial charge is 0.0431 e. The van der Waals surface area contributed by atoms with Crippen LogP contribution < -0.4 is 10.6 Å². The maximum Gasteiger partial charge on any atom is 0.0431 e. The maximum absolute atomic E-state index is 5.72. The number of hydrogen-bond donors (Lipinski definition) is 1. The van der Waals surface area contributed by atoms with Crippen LogP contribution in [0.1, 0.15) is 23.6 Å². The van der Waals surface area contributed by atoms with Gasteiger partial charge in [0.25, 0.3) is 0 Å². The minimum Gasteiger partial charge on any atom is -0.367 e. The zero-order valence-electron chi connectivity index (χ0n) is 11.8. The van der Waals surface area contributed by atoms with Crippen LogP contribution in [-0.4, -0.2) is 6.54 Å². The normalized spacial score (nSPS) is 10.5. The average Bonchev–Trinajstić information content (AvgIpc) is 2.46. The van der Waals surface area contributed by atoms with Gasteiger partial charge in [0.1, 0.15) is 0 Å². The Bertz CT molecular complexity index is 534. The molecule has 100 valence electrons. The fourth-order valence-electron chi connectivity index (χ4n) is 2.26. The topological polar surface area (TPSA) is 29.3 Å². The van der Waals surface area contributed by atoms with Crippen LogP contribution in [0.15, 0.2) is 48.5 Å². The monoisotopic (exact) mass is 254 g/mol. The van der Waals surface area contributed by atoms with Crippen LogP contribution in [0.4, 0.5) is 5.69 Å². The van der Waals surface area contributed by atoms with E-state index in [1.807, 2.05) is 0 Å². The summed E-state index contributed by atoms with van der Waals surface area (Å²) in [6.07, 6.45) is 0. The quantitative estimate of drug-likeness (QED) is 0.885. The molecule has 0 amide bonds. The number of aryl methyl sites for hydroxylation is 1. The number of hydrogen-bond acceptors (Lipinski definition) is 2. The van der Waals surface area contributed by atoms with Gasteiger partial charge >= 0.3 is 0 Å². The molecule has 2 rings (SSSR count). The Hall–Kier alpha value is -1.80. The van der Waals surface area contributed by atoms with Crippen molar-refractivity contribution in [2.45, 2.75) is 26.9 Å². The molecule has 0 saturated carbocycles. The molecule has 0 aliphatic rings. The zero-order chi connectivity index (χ0) is 13.7. The van der Waals surface area contributed by atoms with Gasteiger partial charge in [0.2, 0.25) is 0 Å². The van der Waals surface area contributed by atoms with Gasteiger partial charge in [-0.05, 0) is 42.7 Å². The Morgan fingerprint density at radius 2 is 1.84 bits per heavy atom. The first-order valence-corrected chi connectivity index (χ1v) is 6.83. The van der Waals surface area contributed by atoms with Gasteiger partial charge in [-0.25, -0.2) is 0 Å². The molecular weight excluding hydrogens is 232 g/mol. The lowest BCUT2D eigenvalue weighted by atomic mass is 10.1. The van der Waals surface area contributed by atoms with E-state index < -0.39 is 0 Å². The van der Waals surface area contributed by atoms with Crippen molar-refractivity contribution in [1.29, 1.82) is 0 Å². The molecule has 2 N–H and O–H groups in total. The summed E-state index contributed by atoms with van der Waals surface area (Å²) < 4.78 is 0.